The van der Waals surface area contributed by atoms with E-state index in [9.17, 15) is 4.79 Å². The third kappa shape index (κ3) is 3.79. The van der Waals surface area contributed by atoms with Gasteiger partial charge in [-0.05, 0) is 52.0 Å². The maximum absolute atomic E-state index is 12.1. The molecule has 6 nitrogen and oxygen atoms in total. The molecule has 0 bridgehead atoms. The number of alkyl carbamates (subject to hydrolysis) is 1. The van der Waals surface area contributed by atoms with Gasteiger partial charge in [-0.15, -0.1) is 0 Å². The van der Waals surface area contributed by atoms with E-state index >= 15 is 0 Å². The van der Waals surface area contributed by atoms with Crippen LogP contribution in [0.2, 0.25) is 0 Å². The van der Waals surface area contributed by atoms with Gasteiger partial charge in [-0.1, -0.05) is 18.2 Å². The molecule has 0 aliphatic rings. The summed E-state index contributed by atoms with van der Waals surface area (Å²) in [5.41, 5.74) is 1.92. The average molecular weight is 338 g/mol. The summed E-state index contributed by atoms with van der Waals surface area (Å²) in [4.78, 5) is 21.2. The minimum atomic E-state index is -0.551. The third-order valence-electron chi connectivity index (χ3n) is 3.58. The highest BCUT2D eigenvalue weighted by Gasteiger charge is 2.23. The number of fused-ring (bicyclic) bond motifs is 1. The molecule has 6 heteroatoms. The van der Waals surface area contributed by atoms with Crippen molar-refractivity contribution in [3.63, 3.8) is 0 Å². The van der Waals surface area contributed by atoms with E-state index in [1.807, 2.05) is 74.7 Å². The van der Waals surface area contributed by atoms with E-state index in [-0.39, 0.29) is 6.04 Å². The zero-order valence-electron chi connectivity index (χ0n) is 14.9. The molecule has 0 saturated heterocycles. The molecule has 2 aromatic heterocycles. The smallest absolute Gasteiger partial charge is 0.408 e. The number of ether oxygens (including phenoxy) is 1. The fourth-order valence-electron chi connectivity index (χ4n) is 2.60. The second-order valence-electron chi connectivity index (χ2n) is 6.86. The molecule has 130 valence electrons. The first-order valence-corrected chi connectivity index (χ1v) is 8.23. The molecule has 0 aliphatic carbocycles. The second-order valence-corrected chi connectivity index (χ2v) is 6.86. The first kappa shape index (κ1) is 17.0. The van der Waals surface area contributed by atoms with Crippen LogP contribution in [0.3, 0.4) is 0 Å². The predicted molar refractivity (Wildman–Crippen MR) is 96.6 cm³/mol. The van der Waals surface area contributed by atoms with Crippen LogP contribution in [0.5, 0.6) is 0 Å². The van der Waals surface area contributed by atoms with E-state index in [0.717, 1.165) is 16.9 Å². The number of carbonyl (C=O) groups is 1. The molecule has 0 fully saturated rings. The fraction of sp³-hybridized carbons (Fsp3) is 0.316. The van der Waals surface area contributed by atoms with Gasteiger partial charge in [0.2, 0.25) is 0 Å². The van der Waals surface area contributed by atoms with Crippen molar-refractivity contribution in [3.05, 3.63) is 54.5 Å². The molecule has 2 heterocycles. The van der Waals surface area contributed by atoms with Crippen LogP contribution in [0.1, 0.15) is 39.6 Å². The van der Waals surface area contributed by atoms with Crippen molar-refractivity contribution in [2.24, 2.45) is 0 Å². The summed E-state index contributed by atoms with van der Waals surface area (Å²) < 4.78 is 7.30. The van der Waals surface area contributed by atoms with Gasteiger partial charge in [0.05, 0.1) is 6.04 Å². The topological polar surface area (TPSA) is 69.0 Å². The lowest BCUT2D eigenvalue weighted by Gasteiger charge is -2.22. The Hall–Kier alpha value is -2.89. The zero-order chi connectivity index (χ0) is 18.0. The number of aromatic nitrogens is 3. The lowest BCUT2D eigenvalue weighted by Crippen LogP contribution is -2.34. The summed E-state index contributed by atoms with van der Waals surface area (Å²) in [5.74, 6) is 0.700. The molecule has 1 N–H and O–H groups in total. The Bertz CT molecular complexity index is 881. The lowest BCUT2D eigenvalue weighted by atomic mass is 10.2. The summed E-state index contributed by atoms with van der Waals surface area (Å²) in [7, 11) is 0. The highest BCUT2D eigenvalue weighted by Crippen LogP contribution is 2.24. The van der Waals surface area contributed by atoms with Crippen LogP contribution in [0.25, 0.3) is 16.9 Å². The minimum Gasteiger partial charge on any atom is -0.444 e. The van der Waals surface area contributed by atoms with Gasteiger partial charge in [-0.3, -0.25) is 4.57 Å². The summed E-state index contributed by atoms with van der Waals surface area (Å²) in [6, 6.07) is 13.3. The quantitative estimate of drug-likeness (QED) is 0.783. The standard InChI is InChI=1S/C19H22N4O2/c1-13(21-18(24)25-19(2,3)4)16-22-15-11-8-12-20-17(15)23(16)14-9-6-5-7-10-14/h5-13H,1-4H3,(H,21,24). The largest absolute Gasteiger partial charge is 0.444 e. The van der Waals surface area contributed by atoms with Gasteiger partial charge in [0.15, 0.2) is 5.65 Å². The van der Waals surface area contributed by atoms with Gasteiger partial charge in [0, 0.05) is 11.9 Å². The lowest BCUT2D eigenvalue weighted by molar-refractivity contribution is 0.0505. The molecule has 0 saturated carbocycles. The van der Waals surface area contributed by atoms with E-state index < -0.39 is 11.7 Å². The van der Waals surface area contributed by atoms with Crippen LogP contribution in [-0.2, 0) is 4.74 Å². The maximum Gasteiger partial charge on any atom is 0.408 e. The van der Waals surface area contributed by atoms with Crippen molar-refractivity contribution in [1.82, 2.24) is 19.9 Å². The Balaban J connectivity index is 2.00. The van der Waals surface area contributed by atoms with Gasteiger partial charge < -0.3 is 10.1 Å². The normalized spacial score (nSPS) is 12.8. The minimum absolute atomic E-state index is 0.343. The predicted octanol–water partition coefficient (Wildman–Crippen LogP) is 4.01. The highest BCUT2D eigenvalue weighted by atomic mass is 16.6. The monoisotopic (exact) mass is 338 g/mol. The summed E-state index contributed by atoms with van der Waals surface area (Å²) in [6.45, 7) is 7.38. The van der Waals surface area contributed by atoms with E-state index in [2.05, 4.69) is 15.3 Å². The Kier molecular flexibility index (Phi) is 4.44. The van der Waals surface area contributed by atoms with Gasteiger partial charge in [-0.2, -0.15) is 0 Å². The van der Waals surface area contributed by atoms with Crippen molar-refractivity contribution in [2.75, 3.05) is 0 Å². The van der Waals surface area contributed by atoms with Crippen LogP contribution in [-0.4, -0.2) is 26.2 Å². The van der Waals surface area contributed by atoms with Crippen LogP contribution in [0.15, 0.2) is 48.7 Å². The Morgan fingerprint density at radius 1 is 1.16 bits per heavy atom. The molecule has 1 amide bonds. The van der Waals surface area contributed by atoms with E-state index in [4.69, 9.17) is 4.74 Å². The van der Waals surface area contributed by atoms with Crippen LogP contribution in [0, 0.1) is 0 Å². The number of pyridine rings is 1. The van der Waals surface area contributed by atoms with E-state index in [1.54, 1.807) is 6.20 Å². The summed E-state index contributed by atoms with van der Waals surface area (Å²) >= 11 is 0. The number of amides is 1. The van der Waals surface area contributed by atoms with Gasteiger partial charge in [-0.25, -0.2) is 14.8 Å². The molecule has 0 spiro atoms. The van der Waals surface area contributed by atoms with Crippen LogP contribution >= 0.6 is 0 Å². The summed E-state index contributed by atoms with van der Waals surface area (Å²) in [5, 5.41) is 2.85. The van der Waals surface area contributed by atoms with E-state index in [1.165, 1.54) is 0 Å². The maximum atomic E-state index is 12.1. The van der Waals surface area contributed by atoms with E-state index in [0.29, 0.717) is 5.82 Å². The van der Waals surface area contributed by atoms with Crippen LogP contribution in [0.4, 0.5) is 4.79 Å². The van der Waals surface area contributed by atoms with Crippen molar-refractivity contribution >= 4 is 17.3 Å². The fourth-order valence-corrected chi connectivity index (χ4v) is 2.60. The molecule has 25 heavy (non-hydrogen) atoms. The van der Waals surface area contributed by atoms with Gasteiger partial charge in [0.25, 0.3) is 0 Å². The Morgan fingerprint density at radius 3 is 2.56 bits per heavy atom. The first-order valence-electron chi connectivity index (χ1n) is 8.23. The third-order valence-corrected chi connectivity index (χ3v) is 3.58. The SMILES string of the molecule is CC(NC(=O)OC(C)(C)C)c1nc2cccnc2n1-c1ccccc1. The molecule has 1 atom stereocenters. The number of carbonyl (C=O) groups excluding carboxylic acids is 1. The zero-order valence-corrected chi connectivity index (χ0v) is 14.9. The number of nitrogens with one attached hydrogen (secondary N) is 1. The van der Waals surface area contributed by atoms with Crippen molar-refractivity contribution < 1.29 is 9.53 Å². The first-order chi connectivity index (χ1) is 11.8. The van der Waals surface area contributed by atoms with Crippen molar-refractivity contribution in [1.29, 1.82) is 0 Å². The molecule has 1 aromatic carbocycles. The molecule has 0 aliphatic heterocycles. The Labute approximate surface area is 146 Å². The summed E-state index contributed by atoms with van der Waals surface area (Å²) in [6.07, 6.45) is 1.26. The number of benzene rings is 1. The molecular formula is C19H22N4O2. The Morgan fingerprint density at radius 2 is 1.88 bits per heavy atom. The highest BCUT2D eigenvalue weighted by molar-refractivity contribution is 5.74. The van der Waals surface area contributed by atoms with Gasteiger partial charge in [0.1, 0.15) is 16.9 Å². The van der Waals surface area contributed by atoms with Crippen molar-refractivity contribution in [2.45, 2.75) is 39.3 Å². The van der Waals surface area contributed by atoms with Crippen LogP contribution < -0.4 is 5.32 Å². The number of rotatable bonds is 3. The molecule has 3 rings (SSSR count). The number of para-hydroxylation sites is 1. The molecule has 3 aromatic rings. The average Bonchev–Trinajstić information content (AvgIpc) is 2.93. The molecule has 0 radical (unpaired) electrons. The number of hydrogen-bond donors (Lipinski definition) is 1. The number of nitrogens with zero attached hydrogens (tertiary/aromatic N) is 3. The second kappa shape index (κ2) is 6.55. The molecular weight excluding hydrogens is 316 g/mol. The van der Waals surface area contributed by atoms with Crippen molar-refractivity contribution in [3.8, 4) is 5.69 Å². The van der Waals surface area contributed by atoms with Gasteiger partial charge >= 0.3 is 6.09 Å². The number of hydrogen-bond acceptors (Lipinski definition) is 4. The number of imidazole rings is 1. The molecule has 1 unspecified atom stereocenters.